The smallest absolute Gasteiger partial charge is 0.176 e. The van der Waals surface area contributed by atoms with Crippen LogP contribution in [0.3, 0.4) is 0 Å². The first-order valence-electron chi connectivity index (χ1n) is 5.43. The van der Waals surface area contributed by atoms with Gasteiger partial charge in [-0.05, 0) is 24.3 Å². The number of fused-ring (bicyclic) bond motifs is 1. The molecule has 0 saturated carbocycles. The maximum absolute atomic E-state index is 12.2. The van der Waals surface area contributed by atoms with E-state index in [-0.39, 0.29) is 24.1 Å². The lowest BCUT2D eigenvalue weighted by atomic mass is 9.86. The predicted octanol–water partition coefficient (Wildman–Crippen LogP) is 2.88. The van der Waals surface area contributed by atoms with Gasteiger partial charge in [0.1, 0.15) is 0 Å². The number of thiophene rings is 1. The van der Waals surface area contributed by atoms with Crippen molar-refractivity contribution in [3.05, 3.63) is 40.1 Å². The lowest BCUT2D eigenvalue weighted by molar-refractivity contribution is 0.0912. The number of Topliss-reactive ketones (excluding diaryl/α,β-unsaturated/α-hetero) is 1. The van der Waals surface area contributed by atoms with Crippen molar-refractivity contribution in [2.45, 2.75) is 19.3 Å². The van der Waals surface area contributed by atoms with Gasteiger partial charge >= 0.3 is 0 Å². The molecular weight excluding hydrogens is 256 g/mol. The number of aryl methyl sites for hydroxylation is 1. The third kappa shape index (κ3) is 2.28. The highest BCUT2D eigenvalue weighted by Crippen LogP contribution is 2.27. The Balaban J connectivity index is 0.00000108. The fraction of sp³-hybridized carbons (Fsp3) is 0.333. The van der Waals surface area contributed by atoms with E-state index in [1.807, 2.05) is 17.5 Å². The lowest BCUT2D eigenvalue weighted by Crippen LogP contribution is -2.22. The van der Waals surface area contributed by atoms with E-state index in [9.17, 15) is 4.79 Å². The van der Waals surface area contributed by atoms with Crippen LogP contribution in [-0.2, 0) is 12.8 Å². The number of hydrogen-bond acceptors (Lipinski definition) is 3. The fourth-order valence-electron chi connectivity index (χ4n) is 2.24. The van der Waals surface area contributed by atoms with Gasteiger partial charge in [-0.3, -0.25) is 4.79 Å². The molecule has 1 aliphatic carbocycles. The molecule has 3 nitrogen and oxygen atoms in total. The number of nitrogens with zero attached hydrogens (tertiary/aromatic N) is 1. The van der Waals surface area contributed by atoms with Gasteiger partial charge in [0.25, 0.3) is 0 Å². The first-order chi connectivity index (χ1) is 7.84. The Morgan fingerprint density at radius 1 is 1.53 bits per heavy atom. The molecule has 2 aromatic rings. The molecule has 90 valence electrons. The van der Waals surface area contributed by atoms with Crippen LogP contribution in [0.4, 0.5) is 0 Å². The van der Waals surface area contributed by atoms with Crippen molar-refractivity contribution < 1.29 is 4.79 Å². The maximum atomic E-state index is 12.2. The highest BCUT2D eigenvalue weighted by molar-refractivity contribution is 7.12. The van der Waals surface area contributed by atoms with E-state index >= 15 is 0 Å². The molecule has 0 fully saturated rings. The Hall–Kier alpha value is -1.13. The minimum absolute atomic E-state index is 0. The van der Waals surface area contributed by atoms with E-state index in [0.29, 0.717) is 0 Å². The Kier molecular flexibility index (Phi) is 3.64. The van der Waals surface area contributed by atoms with Crippen molar-refractivity contribution in [3.8, 4) is 0 Å². The largest absolute Gasteiger partial charge is 0.348 e. The Labute approximate surface area is 110 Å². The van der Waals surface area contributed by atoms with Crippen molar-refractivity contribution >= 4 is 29.5 Å². The highest BCUT2D eigenvalue weighted by atomic mass is 35.5. The van der Waals surface area contributed by atoms with Crippen LogP contribution >= 0.6 is 23.7 Å². The molecule has 3 rings (SSSR count). The van der Waals surface area contributed by atoms with Crippen LogP contribution in [0.15, 0.2) is 23.8 Å². The molecule has 1 aliphatic rings. The van der Waals surface area contributed by atoms with Gasteiger partial charge in [-0.1, -0.05) is 6.07 Å². The molecule has 1 unspecified atom stereocenters. The average Bonchev–Trinajstić information content (AvgIpc) is 2.98. The van der Waals surface area contributed by atoms with E-state index in [2.05, 4.69) is 9.97 Å². The first-order valence-corrected chi connectivity index (χ1v) is 6.31. The standard InChI is InChI=1S/C12H12N2OS.ClH/c15-12(11-2-1-5-16-11)8-3-4-9-10(6-8)14-7-13-9;/h1-2,5,7-8H,3-4,6H2,(H,13,14);1H. The summed E-state index contributed by atoms with van der Waals surface area (Å²) in [5.41, 5.74) is 2.27. The van der Waals surface area contributed by atoms with Gasteiger partial charge < -0.3 is 4.98 Å². The zero-order valence-electron chi connectivity index (χ0n) is 9.18. The van der Waals surface area contributed by atoms with Gasteiger partial charge in [-0.2, -0.15) is 0 Å². The molecule has 2 aromatic heterocycles. The zero-order chi connectivity index (χ0) is 11.0. The van der Waals surface area contributed by atoms with Crippen molar-refractivity contribution in [1.29, 1.82) is 0 Å². The molecule has 0 amide bonds. The number of carbonyl (C=O) groups excluding carboxylic acids is 1. The van der Waals surface area contributed by atoms with Crippen LogP contribution in [0.5, 0.6) is 0 Å². The fourth-order valence-corrected chi connectivity index (χ4v) is 2.98. The van der Waals surface area contributed by atoms with Crippen molar-refractivity contribution in [2.24, 2.45) is 5.92 Å². The van der Waals surface area contributed by atoms with E-state index < -0.39 is 0 Å². The molecule has 1 atom stereocenters. The van der Waals surface area contributed by atoms with E-state index in [4.69, 9.17) is 0 Å². The highest BCUT2D eigenvalue weighted by Gasteiger charge is 2.27. The summed E-state index contributed by atoms with van der Waals surface area (Å²) in [4.78, 5) is 20.4. The molecular formula is C12H13ClN2OS. The van der Waals surface area contributed by atoms with Crippen molar-refractivity contribution in [3.63, 3.8) is 0 Å². The summed E-state index contributed by atoms with van der Waals surface area (Å²) < 4.78 is 0. The predicted molar refractivity (Wildman–Crippen MR) is 70.0 cm³/mol. The van der Waals surface area contributed by atoms with E-state index in [0.717, 1.165) is 29.8 Å². The van der Waals surface area contributed by atoms with Gasteiger partial charge in [-0.25, -0.2) is 4.98 Å². The monoisotopic (exact) mass is 268 g/mol. The second-order valence-corrected chi connectivity index (χ2v) is 5.06. The van der Waals surface area contributed by atoms with Gasteiger partial charge in [0.05, 0.1) is 16.9 Å². The average molecular weight is 269 g/mol. The molecule has 0 aromatic carbocycles. The summed E-state index contributed by atoms with van der Waals surface area (Å²) in [6, 6.07) is 3.84. The van der Waals surface area contributed by atoms with Crippen LogP contribution in [-0.4, -0.2) is 15.8 Å². The number of carbonyl (C=O) groups is 1. The van der Waals surface area contributed by atoms with Crippen LogP contribution in [0.1, 0.15) is 27.5 Å². The van der Waals surface area contributed by atoms with Crippen molar-refractivity contribution in [1.82, 2.24) is 9.97 Å². The van der Waals surface area contributed by atoms with E-state index in [1.54, 1.807) is 6.33 Å². The lowest BCUT2D eigenvalue weighted by Gasteiger charge is -2.19. The molecule has 0 saturated heterocycles. The van der Waals surface area contributed by atoms with Crippen LogP contribution < -0.4 is 0 Å². The number of ketones is 1. The van der Waals surface area contributed by atoms with Crippen LogP contribution in [0.25, 0.3) is 0 Å². The van der Waals surface area contributed by atoms with Gasteiger partial charge in [0.2, 0.25) is 0 Å². The number of nitrogens with one attached hydrogen (secondary N) is 1. The molecule has 5 heteroatoms. The number of aromatic nitrogens is 2. The van der Waals surface area contributed by atoms with Gasteiger partial charge in [-0.15, -0.1) is 23.7 Å². The number of H-pyrrole nitrogens is 1. The first kappa shape index (κ1) is 12.3. The summed E-state index contributed by atoms with van der Waals surface area (Å²) in [5, 5.41) is 1.95. The second kappa shape index (κ2) is 5.02. The third-order valence-electron chi connectivity index (χ3n) is 3.12. The maximum Gasteiger partial charge on any atom is 0.176 e. The zero-order valence-corrected chi connectivity index (χ0v) is 10.8. The van der Waals surface area contributed by atoms with Crippen LogP contribution in [0, 0.1) is 5.92 Å². The molecule has 0 radical (unpaired) electrons. The third-order valence-corrected chi connectivity index (χ3v) is 4.01. The summed E-state index contributed by atoms with van der Waals surface area (Å²) in [6.07, 6.45) is 4.39. The molecule has 0 aliphatic heterocycles. The molecule has 1 N–H and O–H groups in total. The Morgan fingerprint density at radius 2 is 2.41 bits per heavy atom. The quantitative estimate of drug-likeness (QED) is 0.852. The summed E-state index contributed by atoms with van der Waals surface area (Å²) in [5.74, 6) is 0.401. The number of halogens is 1. The van der Waals surface area contributed by atoms with Gasteiger partial charge in [0.15, 0.2) is 5.78 Å². The minimum Gasteiger partial charge on any atom is -0.348 e. The summed E-state index contributed by atoms with van der Waals surface area (Å²) in [7, 11) is 0. The second-order valence-electron chi connectivity index (χ2n) is 4.11. The van der Waals surface area contributed by atoms with Crippen molar-refractivity contribution in [2.75, 3.05) is 0 Å². The SMILES string of the molecule is Cl.O=C(c1cccs1)C1CCc2[nH]cnc2C1. The normalized spacial score (nSPS) is 18.2. The summed E-state index contributed by atoms with van der Waals surface area (Å²) in [6.45, 7) is 0. The van der Waals surface area contributed by atoms with Gasteiger partial charge in [0, 0.05) is 18.0 Å². The minimum atomic E-state index is 0. The Bertz CT molecular complexity index is 506. The molecule has 17 heavy (non-hydrogen) atoms. The Morgan fingerprint density at radius 3 is 3.18 bits per heavy atom. The molecule has 0 spiro atoms. The van der Waals surface area contributed by atoms with E-state index in [1.165, 1.54) is 17.0 Å². The number of imidazole rings is 1. The van der Waals surface area contributed by atoms with Crippen LogP contribution in [0.2, 0.25) is 0 Å². The number of hydrogen-bond donors (Lipinski definition) is 1. The molecule has 2 heterocycles. The number of aromatic amines is 1. The summed E-state index contributed by atoms with van der Waals surface area (Å²) >= 11 is 1.53. The topological polar surface area (TPSA) is 45.8 Å². The molecule has 0 bridgehead atoms. The number of rotatable bonds is 2.